The smallest absolute Gasteiger partial charge is 0.255 e. The number of hydrogen-bond donors (Lipinski definition) is 2. The molecule has 0 fully saturated rings. The number of rotatable bonds is 5. The van der Waals surface area contributed by atoms with Crippen molar-refractivity contribution in [1.82, 2.24) is 4.90 Å². The molecule has 0 unspecified atom stereocenters. The molecule has 10 heteroatoms. The number of para-hydroxylation sites is 1. The Morgan fingerprint density at radius 2 is 1.94 bits per heavy atom. The van der Waals surface area contributed by atoms with Crippen molar-refractivity contribution in [3.8, 4) is 17.6 Å². The standard InChI is InChI=1S/C23H20BrN5O3S/c1-12-19(22(30)28-13-7-5-4-6-8-13)20(29-21(26)18(11-25)33-23(29)27-12)14-9-15(24)17(32-3)10-16(14)31-2/h4-10,20H,26H2,1-3H3,(H,28,30)/t20-/m0/s1. The number of ether oxygens (including phenoxy) is 2. The van der Waals surface area contributed by atoms with Gasteiger partial charge in [0.05, 0.1) is 36.0 Å². The summed E-state index contributed by atoms with van der Waals surface area (Å²) in [6.07, 6.45) is 0. The summed E-state index contributed by atoms with van der Waals surface area (Å²) in [4.78, 5) is 20.2. The molecule has 2 aliphatic heterocycles. The number of benzene rings is 2. The van der Waals surface area contributed by atoms with Gasteiger partial charge in [0.2, 0.25) is 0 Å². The number of halogens is 1. The summed E-state index contributed by atoms with van der Waals surface area (Å²) in [6, 6.07) is 14.2. The third kappa shape index (κ3) is 4.05. The van der Waals surface area contributed by atoms with Gasteiger partial charge in [-0.15, -0.1) is 0 Å². The largest absolute Gasteiger partial charge is 0.496 e. The van der Waals surface area contributed by atoms with E-state index < -0.39 is 6.04 Å². The summed E-state index contributed by atoms with van der Waals surface area (Å²) >= 11 is 4.70. The van der Waals surface area contributed by atoms with Gasteiger partial charge in [0, 0.05) is 17.3 Å². The van der Waals surface area contributed by atoms with Gasteiger partial charge in [-0.25, -0.2) is 4.99 Å². The average molecular weight is 526 g/mol. The summed E-state index contributed by atoms with van der Waals surface area (Å²) in [7, 11) is 3.10. The number of amidine groups is 1. The summed E-state index contributed by atoms with van der Waals surface area (Å²) < 4.78 is 11.8. The van der Waals surface area contributed by atoms with Crippen LogP contribution in [0.4, 0.5) is 5.69 Å². The molecule has 3 N–H and O–H groups in total. The zero-order chi connectivity index (χ0) is 23.7. The highest BCUT2D eigenvalue weighted by Gasteiger charge is 2.43. The lowest BCUT2D eigenvalue weighted by atomic mass is 9.92. The number of methoxy groups -OCH3 is 2. The van der Waals surface area contributed by atoms with E-state index in [1.54, 1.807) is 44.2 Å². The van der Waals surface area contributed by atoms with Crippen molar-refractivity contribution in [3.05, 3.63) is 74.5 Å². The minimum Gasteiger partial charge on any atom is -0.496 e. The van der Waals surface area contributed by atoms with Crippen molar-refractivity contribution < 1.29 is 14.3 Å². The van der Waals surface area contributed by atoms with E-state index in [9.17, 15) is 10.1 Å². The predicted octanol–water partition coefficient (Wildman–Crippen LogP) is 4.49. The molecule has 1 amide bonds. The van der Waals surface area contributed by atoms with E-state index in [0.717, 1.165) is 0 Å². The minimum atomic E-state index is -0.684. The monoisotopic (exact) mass is 525 g/mol. The number of nitrogens with zero attached hydrogens (tertiary/aromatic N) is 3. The Hall–Kier alpha value is -3.42. The van der Waals surface area contributed by atoms with Crippen LogP contribution in [0, 0.1) is 11.3 Å². The molecular formula is C23H20BrN5O3S. The summed E-state index contributed by atoms with van der Waals surface area (Å²) in [5.74, 6) is 0.983. The number of aliphatic imine (C=N–C) groups is 1. The van der Waals surface area contributed by atoms with Gasteiger partial charge in [-0.3, -0.25) is 9.69 Å². The number of nitrogens with two attached hydrogens (primary N) is 1. The van der Waals surface area contributed by atoms with Crippen LogP contribution in [0.5, 0.6) is 11.5 Å². The maximum Gasteiger partial charge on any atom is 0.255 e. The minimum absolute atomic E-state index is 0.234. The first-order valence-electron chi connectivity index (χ1n) is 9.83. The number of hydrogen-bond acceptors (Lipinski definition) is 8. The first kappa shape index (κ1) is 22.8. The van der Waals surface area contributed by atoms with Crippen LogP contribution in [-0.2, 0) is 4.79 Å². The van der Waals surface area contributed by atoms with E-state index in [4.69, 9.17) is 15.2 Å². The highest BCUT2D eigenvalue weighted by atomic mass is 79.9. The fourth-order valence-electron chi connectivity index (χ4n) is 3.74. The fraction of sp³-hybridized carbons (Fsp3) is 0.174. The number of nitrogens with one attached hydrogen (secondary N) is 1. The Balaban J connectivity index is 1.90. The van der Waals surface area contributed by atoms with Gasteiger partial charge in [0.25, 0.3) is 5.91 Å². The molecule has 0 radical (unpaired) electrons. The quantitative estimate of drug-likeness (QED) is 0.590. The molecule has 4 rings (SSSR count). The van der Waals surface area contributed by atoms with Gasteiger partial charge < -0.3 is 20.5 Å². The van der Waals surface area contributed by atoms with E-state index in [0.29, 0.717) is 48.6 Å². The Kier molecular flexibility index (Phi) is 6.35. The molecule has 2 heterocycles. The van der Waals surface area contributed by atoms with Crippen LogP contribution in [-0.4, -0.2) is 30.2 Å². The highest BCUT2D eigenvalue weighted by Crippen LogP contribution is 2.48. The van der Waals surface area contributed by atoms with Crippen LogP contribution in [0.3, 0.4) is 0 Å². The second-order valence-electron chi connectivity index (χ2n) is 7.14. The number of nitriles is 1. The molecule has 8 nitrogen and oxygen atoms in total. The van der Waals surface area contributed by atoms with Crippen LogP contribution in [0.2, 0.25) is 0 Å². The predicted molar refractivity (Wildman–Crippen MR) is 131 cm³/mol. The summed E-state index contributed by atoms with van der Waals surface area (Å²) in [5, 5.41) is 13.0. The molecule has 0 spiro atoms. The molecule has 2 aliphatic rings. The number of carbonyl (C=O) groups is 1. The topological polar surface area (TPSA) is 113 Å². The third-order valence-corrected chi connectivity index (χ3v) is 6.85. The lowest BCUT2D eigenvalue weighted by Crippen LogP contribution is -2.39. The van der Waals surface area contributed by atoms with Crippen LogP contribution in [0.15, 0.2) is 73.9 Å². The maximum absolute atomic E-state index is 13.5. The van der Waals surface area contributed by atoms with Gasteiger partial charge in [-0.1, -0.05) is 18.2 Å². The third-order valence-electron chi connectivity index (χ3n) is 5.25. The second kappa shape index (κ2) is 9.21. The van der Waals surface area contributed by atoms with Crippen molar-refractivity contribution in [2.24, 2.45) is 10.7 Å². The van der Waals surface area contributed by atoms with E-state index in [1.165, 1.54) is 11.8 Å². The van der Waals surface area contributed by atoms with Crippen molar-refractivity contribution in [1.29, 1.82) is 5.26 Å². The molecule has 1 atom stereocenters. The van der Waals surface area contributed by atoms with Crippen LogP contribution in [0.1, 0.15) is 18.5 Å². The molecule has 2 aromatic carbocycles. The van der Waals surface area contributed by atoms with E-state index in [2.05, 4.69) is 32.3 Å². The number of amides is 1. The van der Waals surface area contributed by atoms with E-state index >= 15 is 0 Å². The average Bonchev–Trinajstić information content (AvgIpc) is 3.13. The van der Waals surface area contributed by atoms with Gasteiger partial charge in [-0.2, -0.15) is 5.26 Å². The van der Waals surface area contributed by atoms with Crippen molar-refractivity contribution in [2.75, 3.05) is 19.5 Å². The van der Waals surface area contributed by atoms with Gasteiger partial charge in [0.1, 0.15) is 28.3 Å². The normalized spacial score (nSPS) is 17.4. The second-order valence-corrected chi connectivity index (χ2v) is 8.97. The van der Waals surface area contributed by atoms with Crippen LogP contribution in [0.25, 0.3) is 0 Å². The zero-order valence-electron chi connectivity index (χ0n) is 18.0. The number of thioether (sulfide) groups is 1. The van der Waals surface area contributed by atoms with E-state index in [1.807, 2.05) is 24.3 Å². The summed E-state index contributed by atoms with van der Waals surface area (Å²) in [5.41, 5.74) is 8.59. The number of anilines is 1. The zero-order valence-corrected chi connectivity index (χ0v) is 20.5. The van der Waals surface area contributed by atoms with Crippen LogP contribution >= 0.6 is 27.7 Å². The van der Waals surface area contributed by atoms with E-state index in [-0.39, 0.29) is 11.7 Å². The fourth-order valence-corrected chi connectivity index (χ4v) is 5.18. The number of allylic oxidation sites excluding steroid dienone is 2. The van der Waals surface area contributed by atoms with Gasteiger partial charge in [0.15, 0.2) is 5.17 Å². The van der Waals surface area contributed by atoms with Crippen molar-refractivity contribution >= 4 is 44.5 Å². The molecule has 2 aromatic rings. The lowest BCUT2D eigenvalue weighted by Gasteiger charge is -2.36. The lowest BCUT2D eigenvalue weighted by molar-refractivity contribution is -0.113. The first-order chi connectivity index (χ1) is 15.9. The molecule has 0 bridgehead atoms. The number of fused-ring (bicyclic) bond motifs is 1. The molecule has 0 aromatic heterocycles. The number of carbonyl (C=O) groups excluding carboxylic acids is 1. The van der Waals surface area contributed by atoms with Gasteiger partial charge >= 0.3 is 0 Å². The van der Waals surface area contributed by atoms with Crippen molar-refractivity contribution in [3.63, 3.8) is 0 Å². The summed E-state index contributed by atoms with van der Waals surface area (Å²) in [6.45, 7) is 1.77. The molecule has 168 valence electrons. The molecule has 0 saturated heterocycles. The molecular weight excluding hydrogens is 506 g/mol. The highest BCUT2D eigenvalue weighted by molar-refractivity contribution is 9.10. The maximum atomic E-state index is 13.5. The van der Waals surface area contributed by atoms with Gasteiger partial charge in [-0.05, 0) is 52.8 Å². The Bertz CT molecular complexity index is 1270. The van der Waals surface area contributed by atoms with Crippen molar-refractivity contribution in [2.45, 2.75) is 13.0 Å². The Labute approximate surface area is 203 Å². The Morgan fingerprint density at radius 1 is 1.24 bits per heavy atom. The SMILES string of the molecule is COc1cc(OC)c([C@H]2C(C(=O)Nc3ccccc3)=C(C)N=C3SC(C#N)=C(N)N32)cc1Br. The molecule has 0 saturated carbocycles. The molecule has 0 aliphatic carbocycles. The van der Waals surface area contributed by atoms with Crippen LogP contribution < -0.4 is 20.5 Å². The first-order valence-corrected chi connectivity index (χ1v) is 11.4. The Morgan fingerprint density at radius 3 is 2.58 bits per heavy atom. The molecule has 33 heavy (non-hydrogen) atoms.